The van der Waals surface area contributed by atoms with E-state index in [0.29, 0.717) is 5.69 Å². The van der Waals surface area contributed by atoms with Crippen molar-refractivity contribution in [3.63, 3.8) is 0 Å². The molecule has 15 heavy (non-hydrogen) atoms. The Morgan fingerprint density at radius 3 is 2.73 bits per heavy atom. The standard InChI is InChI=1S/C12H13NO2/c1-2-3-4-9-15-12-7-5-11(6-8-12)13-10-14/h4-9H,2-3H2,1H3. The number of benzene rings is 1. The molecule has 0 heterocycles. The van der Waals surface area contributed by atoms with Crippen LogP contribution in [0.4, 0.5) is 5.69 Å². The van der Waals surface area contributed by atoms with Gasteiger partial charge in [0, 0.05) is 0 Å². The van der Waals surface area contributed by atoms with E-state index in [1.54, 1.807) is 30.5 Å². The van der Waals surface area contributed by atoms with Gasteiger partial charge < -0.3 is 4.74 Å². The van der Waals surface area contributed by atoms with Crippen molar-refractivity contribution in [3.8, 4) is 5.75 Å². The van der Waals surface area contributed by atoms with Crippen molar-refractivity contribution in [1.29, 1.82) is 0 Å². The zero-order chi connectivity index (χ0) is 10.9. The van der Waals surface area contributed by atoms with Gasteiger partial charge in [-0.1, -0.05) is 13.3 Å². The molecule has 0 aliphatic heterocycles. The van der Waals surface area contributed by atoms with Crippen molar-refractivity contribution >= 4 is 11.8 Å². The molecule has 1 aromatic carbocycles. The number of hydrogen-bond donors (Lipinski definition) is 0. The zero-order valence-electron chi connectivity index (χ0n) is 8.64. The summed E-state index contributed by atoms with van der Waals surface area (Å²) in [5.41, 5.74) is 0.579. The van der Waals surface area contributed by atoms with E-state index in [9.17, 15) is 4.79 Å². The first-order valence-electron chi connectivity index (χ1n) is 4.86. The lowest BCUT2D eigenvalue weighted by Gasteiger charge is -1.99. The van der Waals surface area contributed by atoms with Crippen molar-refractivity contribution in [2.24, 2.45) is 4.99 Å². The first kappa shape index (κ1) is 11.2. The average Bonchev–Trinajstić information content (AvgIpc) is 2.27. The number of rotatable bonds is 5. The minimum Gasteiger partial charge on any atom is -0.465 e. The van der Waals surface area contributed by atoms with E-state index in [1.165, 1.54) is 6.08 Å². The van der Waals surface area contributed by atoms with Gasteiger partial charge in [-0.25, -0.2) is 4.79 Å². The largest absolute Gasteiger partial charge is 0.465 e. The Morgan fingerprint density at radius 2 is 2.13 bits per heavy atom. The monoisotopic (exact) mass is 203 g/mol. The fourth-order valence-corrected chi connectivity index (χ4v) is 1.01. The number of ether oxygens (including phenoxy) is 1. The molecule has 0 bridgehead atoms. The van der Waals surface area contributed by atoms with Gasteiger partial charge in [-0.3, -0.25) is 0 Å². The minimum absolute atomic E-state index is 0.579. The lowest BCUT2D eigenvalue weighted by Crippen LogP contribution is -1.80. The lowest BCUT2D eigenvalue weighted by atomic mass is 10.3. The average molecular weight is 203 g/mol. The van der Waals surface area contributed by atoms with E-state index in [0.717, 1.165) is 18.6 Å². The van der Waals surface area contributed by atoms with Gasteiger partial charge in [0.25, 0.3) is 0 Å². The Labute approximate surface area is 89.1 Å². The highest BCUT2D eigenvalue weighted by atomic mass is 16.5. The molecule has 0 N–H and O–H groups in total. The number of carbonyl (C=O) groups excluding carboxylic acids is 1. The number of unbranched alkanes of at least 4 members (excludes halogenated alkanes) is 1. The van der Waals surface area contributed by atoms with Gasteiger partial charge in [0.1, 0.15) is 5.75 Å². The van der Waals surface area contributed by atoms with Crippen LogP contribution in [0.15, 0.2) is 41.6 Å². The molecular formula is C12H13NO2. The second-order valence-electron chi connectivity index (χ2n) is 2.98. The summed E-state index contributed by atoms with van der Waals surface area (Å²) in [6.45, 7) is 2.11. The molecule has 0 saturated heterocycles. The Bertz CT molecular complexity index is 362. The predicted molar refractivity (Wildman–Crippen MR) is 58.9 cm³/mol. The minimum atomic E-state index is 0.579. The van der Waals surface area contributed by atoms with Crippen LogP contribution in [0.25, 0.3) is 0 Å². The molecular weight excluding hydrogens is 190 g/mol. The summed E-state index contributed by atoms with van der Waals surface area (Å²) < 4.78 is 5.32. The molecule has 0 aliphatic carbocycles. The van der Waals surface area contributed by atoms with Crippen LogP contribution in [0.2, 0.25) is 0 Å². The van der Waals surface area contributed by atoms with E-state index in [4.69, 9.17) is 4.74 Å². The van der Waals surface area contributed by atoms with E-state index in [2.05, 4.69) is 11.9 Å². The molecule has 0 aromatic heterocycles. The summed E-state index contributed by atoms with van der Waals surface area (Å²) in [4.78, 5) is 13.4. The van der Waals surface area contributed by atoms with Gasteiger partial charge in [-0.05, 0) is 36.8 Å². The zero-order valence-corrected chi connectivity index (χ0v) is 8.64. The summed E-state index contributed by atoms with van der Waals surface area (Å²) in [6, 6.07) is 6.92. The van der Waals surface area contributed by atoms with Crippen LogP contribution in [0.1, 0.15) is 19.8 Å². The Hall–Kier alpha value is -1.86. The molecule has 1 aromatic rings. The number of aliphatic imine (C=N–C) groups is 1. The van der Waals surface area contributed by atoms with Crippen molar-refractivity contribution in [2.45, 2.75) is 19.8 Å². The second kappa shape index (κ2) is 6.57. The fraction of sp³-hybridized carbons (Fsp3) is 0.250. The highest BCUT2D eigenvalue weighted by molar-refractivity contribution is 5.50. The van der Waals surface area contributed by atoms with Crippen LogP contribution in [0, 0.1) is 0 Å². The molecule has 0 atom stereocenters. The SMILES string of the molecule is CCCC=COc1ccc(N=C=O)cc1. The van der Waals surface area contributed by atoms with Gasteiger partial charge in [0.05, 0.1) is 11.9 Å². The quantitative estimate of drug-likeness (QED) is 0.418. The lowest BCUT2D eigenvalue weighted by molar-refractivity contribution is 0.478. The summed E-state index contributed by atoms with van der Waals surface area (Å²) in [5.74, 6) is 0.729. The Balaban J connectivity index is 2.53. The first-order valence-corrected chi connectivity index (χ1v) is 4.86. The normalized spacial score (nSPS) is 9.93. The third kappa shape index (κ3) is 4.25. The van der Waals surface area contributed by atoms with Crippen molar-refractivity contribution in [1.82, 2.24) is 0 Å². The maximum absolute atomic E-state index is 9.97. The summed E-state index contributed by atoms with van der Waals surface area (Å²) in [6.07, 6.45) is 7.23. The highest BCUT2D eigenvalue weighted by Crippen LogP contribution is 2.17. The number of isocyanates is 1. The maximum atomic E-state index is 9.97. The van der Waals surface area contributed by atoms with E-state index < -0.39 is 0 Å². The molecule has 78 valence electrons. The van der Waals surface area contributed by atoms with Crippen LogP contribution in [0.5, 0.6) is 5.75 Å². The molecule has 0 amide bonds. The number of hydrogen-bond acceptors (Lipinski definition) is 3. The summed E-state index contributed by atoms with van der Waals surface area (Å²) in [5, 5.41) is 0. The van der Waals surface area contributed by atoms with Gasteiger partial charge in [0.2, 0.25) is 6.08 Å². The third-order valence-electron chi connectivity index (χ3n) is 1.77. The molecule has 0 spiro atoms. The molecule has 0 radical (unpaired) electrons. The molecule has 3 nitrogen and oxygen atoms in total. The molecule has 0 fully saturated rings. The summed E-state index contributed by atoms with van der Waals surface area (Å²) in [7, 11) is 0. The van der Waals surface area contributed by atoms with Crippen LogP contribution >= 0.6 is 0 Å². The summed E-state index contributed by atoms with van der Waals surface area (Å²) >= 11 is 0. The second-order valence-corrected chi connectivity index (χ2v) is 2.98. The smallest absolute Gasteiger partial charge is 0.240 e. The first-order chi connectivity index (χ1) is 7.36. The van der Waals surface area contributed by atoms with Gasteiger partial charge in [0.15, 0.2) is 0 Å². The Morgan fingerprint density at radius 1 is 1.40 bits per heavy atom. The third-order valence-corrected chi connectivity index (χ3v) is 1.77. The van der Waals surface area contributed by atoms with E-state index in [-0.39, 0.29) is 0 Å². The van der Waals surface area contributed by atoms with Crippen molar-refractivity contribution in [2.75, 3.05) is 0 Å². The molecule has 3 heteroatoms. The molecule has 0 aliphatic rings. The van der Waals surface area contributed by atoms with Gasteiger partial charge >= 0.3 is 0 Å². The van der Waals surface area contributed by atoms with Crippen LogP contribution in [-0.2, 0) is 4.79 Å². The number of allylic oxidation sites excluding steroid dienone is 1. The van der Waals surface area contributed by atoms with Gasteiger partial charge in [-0.2, -0.15) is 4.99 Å². The van der Waals surface area contributed by atoms with Crippen LogP contribution < -0.4 is 4.74 Å². The number of nitrogens with zero attached hydrogens (tertiary/aromatic N) is 1. The maximum Gasteiger partial charge on any atom is 0.240 e. The topological polar surface area (TPSA) is 38.7 Å². The predicted octanol–water partition coefficient (Wildman–Crippen LogP) is 3.35. The van der Waals surface area contributed by atoms with Crippen molar-refractivity contribution in [3.05, 3.63) is 36.6 Å². The Kier molecular flexibility index (Phi) is 4.91. The van der Waals surface area contributed by atoms with E-state index in [1.807, 2.05) is 6.08 Å². The molecule has 0 unspecified atom stereocenters. The van der Waals surface area contributed by atoms with Crippen LogP contribution in [-0.4, -0.2) is 6.08 Å². The highest BCUT2D eigenvalue weighted by Gasteiger charge is 1.91. The molecule has 0 saturated carbocycles. The van der Waals surface area contributed by atoms with E-state index >= 15 is 0 Å². The van der Waals surface area contributed by atoms with Crippen LogP contribution in [0.3, 0.4) is 0 Å². The van der Waals surface area contributed by atoms with Gasteiger partial charge in [-0.15, -0.1) is 0 Å². The fourth-order valence-electron chi connectivity index (χ4n) is 1.01. The van der Waals surface area contributed by atoms with Crippen molar-refractivity contribution < 1.29 is 9.53 Å². The molecule has 1 rings (SSSR count).